The van der Waals surface area contributed by atoms with Crippen molar-refractivity contribution in [2.45, 2.75) is 26.4 Å². The van der Waals surface area contributed by atoms with E-state index in [0.29, 0.717) is 16.9 Å². The lowest BCUT2D eigenvalue weighted by molar-refractivity contribution is 0.0589. The number of rotatable bonds is 2. The topological polar surface area (TPSA) is 45.3 Å². The van der Waals surface area contributed by atoms with Gasteiger partial charge in [0, 0.05) is 34.9 Å². The Morgan fingerprint density at radius 1 is 1.12 bits per heavy atom. The molecule has 0 spiro atoms. The molecule has 0 aliphatic heterocycles. The van der Waals surface area contributed by atoms with E-state index in [1.165, 1.54) is 11.0 Å². The van der Waals surface area contributed by atoms with Gasteiger partial charge in [0.05, 0.1) is 0 Å². The van der Waals surface area contributed by atoms with Crippen LogP contribution in [0.5, 0.6) is 0 Å². The van der Waals surface area contributed by atoms with Gasteiger partial charge in [-0.1, -0.05) is 18.2 Å². The Morgan fingerprint density at radius 3 is 2.52 bits per heavy atom. The Morgan fingerprint density at radius 2 is 1.84 bits per heavy atom. The predicted molar refractivity (Wildman–Crippen MR) is 98.3 cm³/mol. The maximum absolute atomic E-state index is 14.0. The first kappa shape index (κ1) is 17.0. The van der Waals surface area contributed by atoms with Gasteiger partial charge < -0.3 is 9.72 Å². The number of hydrogen-bond acceptors (Lipinski definition) is 2. The molecule has 0 unspecified atom stereocenters. The number of fused-ring (bicyclic) bond motifs is 1. The van der Waals surface area contributed by atoms with Crippen LogP contribution >= 0.6 is 0 Å². The normalized spacial score (nSPS) is 11.6. The number of halogens is 1. The number of anilines is 1. The van der Waals surface area contributed by atoms with Gasteiger partial charge in [0.25, 0.3) is 0 Å². The van der Waals surface area contributed by atoms with Crippen LogP contribution in [0, 0.1) is 5.82 Å². The van der Waals surface area contributed by atoms with E-state index in [-0.39, 0.29) is 5.82 Å². The van der Waals surface area contributed by atoms with Gasteiger partial charge in [0.15, 0.2) is 0 Å². The Balaban J connectivity index is 1.93. The lowest BCUT2D eigenvalue weighted by Gasteiger charge is -2.24. The van der Waals surface area contributed by atoms with Crippen LogP contribution < -0.4 is 4.90 Å². The van der Waals surface area contributed by atoms with Gasteiger partial charge in [0.1, 0.15) is 11.4 Å². The number of nitrogens with zero attached hydrogens (tertiary/aromatic N) is 1. The highest BCUT2D eigenvalue weighted by atomic mass is 19.1. The summed E-state index contributed by atoms with van der Waals surface area (Å²) in [6.45, 7) is 5.48. The SMILES string of the molecule is CN(C(=O)OC(C)(C)C)c1ccc2cc(-c3ccccc3F)[nH]c2c1. The third-order valence-corrected chi connectivity index (χ3v) is 3.82. The van der Waals surface area contributed by atoms with Crippen molar-refractivity contribution in [1.82, 2.24) is 4.98 Å². The van der Waals surface area contributed by atoms with E-state index >= 15 is 0 Å². The molecule has 0 bridgehead atoms. The van der Waals surface area contributed by atoms with Crippen LogP contribution in [0.15, 0.2) is 48.5 Å². The molecule has 25 heavy (non-hydrogen) atoms. The van der Waals surface area contributed by atoms with Crippen LogP contribution in [0.2, 0.25) is 0 Å². The average molecular weight is 340 g/mol. The minimum Gasteiger partial charge on any atom is -0.443 e. The van der Waals surface area contributed by atoms with E-state index in [4.69, 9.17) is 4.74 Å². The maximum Gasteiger partial charge on any atom is 0.414 e. The Hall–Kier alpha value is -2.82. The molecule has 0 saturated carbocycles. The van der Waals surface area contributed by atoms with Crippen LogP contribution in [-0.4, -0.2) is 23.7 Å². The quantitative estimate of drug-likeness (QED) is 0.684. The summed E-state index contributed by atoms with van der Waals surface area (Å²) in [6, 6.07) is 14.1. The van der Waals surface area contributed by atoms with Crippen LogP contribution in [-0.2, 0) is 4.74 Å². The first-order valence-electron chi connectivity index (χ1n) is 8.09. The van der Waals surface area contributed by atoms with Crippen molar-refractivity contribution < 1.29 is 13.9 Å². The van der Waals surface area contributed by atoms with Gasteiger partial charge in [0.2, 0.25) is 0 Å². The number of nitrogens with one attached hydrogen (secondary N) is 1. The van der Waals surface area contributed by atoms with Crippen LogP contribution in [0.25, 0.3) is 22.2 Å². The summed E-state index contributed by atoms with van der Waals surface area (Å²) in [5.41, 5.74) is 2.18. The molecule has 1 aromatic heterocycles. The number of H-pyrrole nitrogens is 1. The predicted octanol–water partition coefficient (Wildman–Crippen LogP) is 5.35. The van der Waals surface area contributed by atoms with E-state index in [9.17, 15) is 9.18 Å². The standard InChI is InChI=1S/C20H21FN2O2/c1-20(2,3)25-19(24)23(4)14-10-9-13-11-18(22-17(13)12-14)15-7-5-6-8-16(15)21/h5-12,22H,1-4H3. The number of benzene rings is 2. The Labute approximate surface area is 146 Å². The number of aromatic nitrogens is 1. The van der Waals surface area contributed by atoms with E-state index in [0.717, 1.165) is 10.9 Å². The maximum atomic E-state index is 14.0. The number of carbonyl (C=O) groups excluding carboxylic acids is 1. The number of aromatic amines is 1. The molecule has 1 heterocycles. The summed E-state index contributed by atoms with van der Waals surface area (Å²) in [4.78, 5) is 16.9. The van der Waals surface area contributed by atoms with E-state index in [2.05, 4.69) is 4.98 Å². The zero-order valence-corrected chi connectivity index (χ0v) is 14.8. The van der Waals surface area contributed by atoms with Crippen LogP contribution in [0.4, 0.5) is 14.9 Å². The molecule has 0 aliphatic carbocycles. The first-order chi connectivity index (χ1) is 11.7. The molecule has 5 heteroatoms. The zero-order chi connectivity index (χ0) is 18.2. The van der Waals surface area contributed by atoms with Crippen molar-refractivity contribution in [2.24, 2.45) is 0 Å². The summed E-state index contributed by atoms with van der Waals surface area (Å²) in [5, 5.41) is 0.944. The second-order valence-corrected chi connectivity index (χ2v) is 6.97. The molecule has 0 atom stereocenters. The number of amides is 1. The molecule has 3 rings (SSSR count). The first-order valence-corrected chi connectivity index (χ1v) is 8.09. The van der Waals surface area contributed by atoms with Crippen LogP contribution in [0.3, 0.4) is 0 Å². The van der Waals surface area contributed by atoms with Gasteiger partial charge in [-0.05, 0) is 51.1 Å². The molecular weight excluding hydrogens is 319 g/mol. The van der Waals surface area contributed by atoms with Gasteiger partial charge >= 0.3 is 6.09 Å². The molecule has 0 fully saturated rings. The summed E-state index contributed by atoms with van der Waals surface area (Å²) in [7, 11) is 1.66. The second-order valence-electron chi connectivity index (χ2n) is 6.97. The minimum atomic E-state index is -0.556. The van der Waals surface area contributed by atoms with Crippen molar-refractivity contribution in [2.75, 3.05) is 11.9 Å². The third-order valence-electron chi connectivity index (χ3n) is 3.82. The fourth-order valence-electron chi connectivity index (χ4n) is 2.58. The lowest BCUT2D eigenvalue weighted by Crippen LogP contribution is -2.34. The van der Waals surface area contributed by atoms with Crippen molar-refractivity contribution in [3.8, 4) is 11.3 Å². The third kappa shape index (κ3) is 3.65. The highest BCUT2D eigenvalue weighted by Gasteiger charge is 2.21. The summed E-state index contributed by atoms with van der Waals surface area (Å²) in [6.07, 6.45) is -0.423. The summed E-state index contributed by atoms with van der Waals surface area (Å²) >= 11 is 0. The number of ether oxygens (including phenoxy) is 1. The van der Waals surface area contributed by atoms with Crippen molar-refractivity contribution in [3.05, 3.63) is 54.3 Å². The molecule has 1 amide bonds. The lowest BCUT2D eigenvalue weighted by atomic mass is 10.1. The minimum absolute atomic E-state index is 0.278. The van der Waals surface area contributed by atoms with Crippen LogP contribution in [0.1, 0.15) is 20.8 Å². The van der Waals surface area contributed by atoms with Crippen molar-refractivity contribution >= 4 is 22.7 Å². The summed E-state index contributed by atoms with van der Waals surface area (Å²) in [5.74, 6) is -0.278. The fourth-order valence-corrected chi connectivity index (χ4v) is 2.58. The number of hydrogen-bond donors (Lipinski definition) is 1. The summed E-state index contributed by atoms with van der Waals surface area (Å²) < 4.78 is 19.4. The molecule has 1 N–H and O–H groups in total. The Kier molecular flexibility index (Phi) is 4.25. The zero-order valence-electron chi connectivity index (χ0n) is 14.8. The average Bonchev–Trinajstić information content (AvgIpc) is 2.95. The van der Waals surface area contributed by atoms with Gasteiger partial charge in [-0.3, -0.25) is 4.90 Å². The highest BCUT2D eigenvalue weighted by Crippen LogP contribution is 2.29. The molecule has 130 valence electrons. The largest absolute Gasteiger partial charge is 0.443 e. The van der Waals surface area contributed by atoms with Crippen molar-refractivity contribution in [3.63, 3.8) is 0 Å². The second kappa shape index (κ2) is 6.24. The molecule has 2 aromatic carbocycles. The van der Waals surface area contributed by atoms with Crippen molar-refractivity contribution in [1.29, 1.82) is 0 Å². The molecular formula is C20H21FN2O2. The fraction of sp³-hybridized carbons (Fsp3) is 0.250. The molecule has 3 aromatic rings. The monoisotopic (exact) mass is 340 g/mol. The Bertz CT molecular complexity index is 925. The van der Waals surface area contributed by atoms with E-state index < -0.39 is 11.7 Å². The molecule has 0 aliphatic rings. The number of carbonyl (C=O) groups is 1. The van der Waals surface area contributed by atoms with Gasteiger partial charge in [-0.15, -0.1) is 0 Å². The van der Waals surface area contributed by atoms with Gasteiger partial charge in [-0.25, -0.2) is 9.18 Å². The smallest absolute Gasteiger partial charge is 0.414 e. The van der Waals surface area contributed by atoms with E-state index in [1.54, 1.807) is 25.2 Å². The van der Waals surface area contributed by atoms with Gasteiger partial charge in [-0.2, -0.15) is 0 Å². The highest BCUT2D eigenvalue weighted by molar-refractivity contribution is 5.93. The van der Waals surface area contributed by atoms with E-state index in [1.807, 2.05) is 45.0 Å². The molecule has 0 radical (unpaired) electrons. The molecule has 4 nitrogen and oxygen atoms in total. The molecule has 0 saturated heterocycles.